The minimum atomic E-state index is -0.975. The lowest BCUT2D eigenvalue weighted by molar-refractivity contribution is -0.154. The Hall–Kier alpha value is -2.11. The number of halogens is 3. The Morgan fingerprint density at radius 3 is 2.38 bits per heavy atom. The summed E-state index contributed by atoms with van der Waals surface area (Å²) in [5.41, 5.74) is 1.31. The van der Waals surface area contributed by atoms with E-state index >= 15 is 0 Å². The van der Waals surface area contributed by atoms with Gasteiger partial charge in [0.15, 0.2) is 6.10 Å². The lowest BCUT2D eigenvalue weighted by Crippen LogP contribution is -2.37. The van der Waals surface area contributed by atoms with Crippen molar-refractivity contribution in [1.82, 2.24) is 5.32 Å². The second kappa shape index (κ2) is 9.01. The zero-order chi connectivity index (χ0) is 19.3. The average Bonchev–Trinajstić information content (AvgIpc) is 2.56. The van der Waals surface area contributed by atoms with E-state index in [0.29, 0.717) is 21.2 Å². The Balaban J connectivity index is 1.90. The molecular weight excluding hydrogens is 380 g/mol. The number of carbonyl (C=O) groups excluding carboxylic acids is 2. The Labute approximate surface area is 161 Å². The molecule has 2 rings (SSSR count). The molecule has 0 aliphatic heterocycles. The molecule has 0 saturated carbocycles. The molecule has 0 radical (unpaired) electrons. The lowest BCUT2D eigenvalue weighted by atomic mass is 10.1. The van der Waals surface area contributed by atoms with E-state index in [-0.39, 0.29) is 18.3 Å². The molecule has 0 saturated heterocycles. The topological polar surface area (TPSA) is 55.4 Å². The smallest absolute Gasteiger partial charge is 0.311 e. The second-order valence-electron chi connectivity index (χ2n) is 5.83. The summed E-state index contributed by atoms with van der Waals surface area (Å²) in [7, 11) is 0. The van der Waals surface area contributed by atoms with Crippen molar-refractivity contribution in [3.05, 3.63) is 69.5 Å². The summed E-state index contributed by atoms with van der Waals surface area (Å²) in [5, 5.41) is 3.68. The summed E-state index contributed by atoms with van der Waals surface area (Å²) >= 11 is 12.0. The third kappa shape index (κ3) is 5.71. The Bertz CT molecular complexity index is 796. The molecule has 2 aromatic rings. The third-order valence-corrected chi connectivity index (χ3v) is 4.29. The predicted octanol–water partition coefficient (Wildman–Crippen LogP) is 4.48. The highest BCUT2D eigenvalue weighted by molar-refractivity contribution is 6.35. The van der Waals surface area contributed by atoms with Crippen molar-refractivity contribution in [1.29, 1.82) is 0 Å². The van der Waals surface area contributed by atoms with Crippen molar-refractivity contribution < 1.29 is 18.7 Å². The summed E-state index contributed by atoms with van der Waals surface area (Å²) < 4.78 is 18.0. The van der Waals surface area contributed by atoms with E-state index in [4.69, 9.17) is 27.9 Å². The molecule has 0 unspecified atom stereocenters. The van der Waals surface area contributed by atoms with Crippen LogP contribution in [0.15, 0.2) is 42.5 Å². The van der Waals surface area contributed by atoms with Crippen LogP contribution in [0.25, 0.3) is 0 Å². The number of nitrogens with one attached hydrogen (secondary N) is 1. The number of benzene rings is 2. The van der Waals surface area contributed by atoms with Crippen molar-refractivity contribution in [3.63, 3.8) is 0 Å². The molecule has 138 valence electrons. The number of hydrogen-bond donors (Lipinski definition) is 1. The SMILES string of the molecule is C[C@H](NC(=O)[C@@H](C)OC(=O)Cc1ccc(F)cc1)c1ccc(Cl)cc1Cl. The highest BCUT2D eigenvalue weighted by Crippen LogP contribution is 2.26. The van der Waals surface area contributed by atoms with Gasteiger partial charge in [0.1, 0.15) is 5.82 Å². The van der Waals surface area contributed by atoms with Crippen molar-refractivity contribution >= 4 is 35.1 Å². The van der Waals surface area contributed by atoms with E-state index in [1.807, 2.05) is 0 Å². The van der Waals surface area contributed by atoms with Crippen LogP contribution < -0.4 is 5.32 Å². The van der Waals surface area contributed by atoms with Gasteiger partial charge in [0, 0.05) is 10.0 Å². The van der Waals surface area contributed by atoms with Crippen molar-refractivity contribution in [2.75, 3.05) is 0 Å². The number of hydrogen-bond acceptors (Lipinski definition) is 3. The van der Waals surface area contributed by atoms with Gasteiger partial charge in [-0.25, -0.2) is 4.39 Å². The first kappa shape index (κ1) is 20.2. The van der Waals surface area contributed by atoms with Crippen LogP contribution in [-0.4, -0.2) is 18.0 Å². The maximum atomic E-state index is 12.9. The van der Waals surface area contributed by atoms with E-state index in [9.17, 15) is 14.0 Å². The average molecular weight is 398 g/mol. The zero-order valence-corrected chi connectivity index (χ0v) is 15.8. The number of carbonyl (C=O) groups is 2. The normalized spacial score (nSPS) is 13.0. The largest absolute Gasteiger partial charge is 0.452 e. The Morgan fingerprint density at radius 2 is 1.77 bits per heavy atom. The van der Waals surface area contributed by atoms with E-state index in [0.717, 1.165) is 0 Å². The highest BCUT2D eigenvalue weighted by Gasteiger charge is 2.21. The Kier molecular flexibility index (Phi) is 7.00. The van der Waals surface area contributed by atoms with Gasteiger partial charge in [-0.1, -0.05) is 41.4 Å². The molecule has 2 aromatic carbocycles. The van der Waals surface area contributed by atoms with Gasteiger partial charge in [-0.15, -0.1) is 0 Å². The van der Waals surface area contributed by atoms with Crippen molar-refractivity contribution in [2.24, 2.45) is 0 Å². The van der Waals surface area contributed by atoms with Crippen molar-refractivity contribution in [3.8, 4) is 0 Å². The molecule has 1 amide bonds. The number of esters is 1. The molecule has 1 N–H and O–H groups in total. The molecule has 0 bridgehead atoms. The maximum absolute atomic E-state index is 12.9. The first-order valence-electron chi connectivity index (χ1n) is 7.95. The van der Waals surface area contributed by atoms with Crippen LogP contribution in [-0.2, 0) is 20.7 Å². The first-order valence-corrected chi connectivity index (χ1v) is 8.71. The fraction of sp³-hybridized carbons (Fsp3) is 0.263. The number of amides is 1. The van der Waals surface area contributed by atoms with Gasteiger partial charge in [0.05, 0.1) is 12.5 Å². The van der Waals surface area contributed by atoms with Crippen LogP contribution in [0.4, 0.5) is 4.39 Å². The van der Waals surface area contributed by atoms with Crippen LogP contribution in [0.1, 0.15) is 31.0 Å². The van der Waals surface area contributed by atoms with Crippen molar-refractivity contribution in [2.45, 2.75) is 32.4 Å². The summed E-state index contributed by atoms with van der Waals surface area (Å²) in [4.78, 5) is 24.2. The third-order valence-electron chi connectivity index (χ3n) is 3.73. The molecule has 0 spiro atoms. The highest BCUT2D eigenvalue weighted by atomic mass is 35.5. The summed E-state index contributed by atoms with van der Waals surface area (Å²) in [6.07, 6.45) is -1.02. The number of ether oxygens (including phenoxy) is 1. The van der Waals surface area contributed by atoms with Gasteiger partial charge in [-0.2, -0.15) is 0 Å². The molecule has 0 aliphatic rings. The fourth-order valence-electron chi connectivity index (χ4n) is 2.32. The molecule has 0 aromatic heterocycles. The van der Waals surface area contributed by atoms with Gasteiger partial charge in [0.25, 0.3) is 5.91 Å². The maximum Gasteiger partial charge on any atom is 0.311 e. The van der Waals surface area contributed by atoms with Gasteiger partial charge >= 0.3 is 5.97 Å². The second-order valence-corrected chi connectivity index (χ2v) is 6.68. The lowest BCUT2D eigenvalue weighted by Gasteiger charge is -2.19. The van der Waals surface area contributed by atoms with E-state index in [2.05, 4.69) is 5.32 Å². The van der Waals surface area contributed by atoms with E-state index in [1.165, 1.54) is 31.2 Å². The Morgan fingerprint density at radius 1 is 1.12 bits per heavy atom. The standard InChI is InChI=1S/C19H18Cl2FNO3/c1-11(16-8-5-14(20)10-17(16)21)23-19(25)12(2)26-18(24)9-13-3-6-15(22)7-4-13/h3-8,10-12H,9H2,1-2H3,(H,23,25)/t11-,12+/m0/s1. The van der Waals surface area contributed by atoms with Crippen LogP contribution in [0.3, 0.4) is 0 Å². The van der Waals surface area contributed by atoms with Gasteiger partial charge in [0.2, 0.25) is 0 Å². The monoisotopic (exact) mass is 397 g/mol. The molecule has 0 fully saturated rings. The molecule has 4 nitrogen and oxygen atoms in total. The van der Waals surface area contributed by atoms with Crippen LogP contribution in [0.2, 0.25) is 10.0 Å². The number of rotatable bonds is 6. The summed E-state index contributed by atoms with van der Waals surface area (Å²) in [6, 6.07) is 10.1. The molecule has 0 heterocycles. The molecule has 26 heavy (non-hydrogen) atoms. The van der Waals surface area contributed by atoms with Gasteiger partial charge in [-0.05, 0) is 49.2 Å². The van der Waals surface area contributed by atoms with E-state index in [1.54, 1.807) is 25.1 Å². The molecular formula is C19H18Cl2FNO3. The van der Waals surface area contributed by atoms with Crippen LogP contribution in [0.5, 0.6) is 0 Å². The van der Waals surface area contributed by atoms with Crippen LogP contribution in [0, 0.1) is 5.82 Å². The minimum Gasteiger partial charge on any atom is -0.452 e. The fourth-order valence-corrected chi connectivity index (χ4v) is 2.89. The molecule has 0 aliphatic carbocycles. The van der Waals surface area contributed by atoms with Gasteiger partial charge < -0.3 is 10.1 Å². The summed E-state index contributed by atoms with van der Waals surface area (Å²) in [5.74, 6) is -1.41. The molecule has 2 atom stereocenters. The first-order chi connectivity index (χ1) is 12.3. The quantitative estimate of drug-likeness (QED) is 0.730. The molecule has 7 heteroatoms. The van der Waals surface area contributed by atoms with E-state index < -0.39 is 18.0 Å². The van der Waals surface area contributed by atoms with Gasteiger partial charge in [-0.3, -0.25) is 9.59 Å². The van der Waals surface area contributed by atoms with Crippen LogP contribution >= 0.6 is 23.2 Å². The minimum absolute atomic E-state index is 0.0452. The zero-order valence-electron chi connectivity index (χ0n) is 14.3. The summed E-state index contributed by atoms with van der Waals surface area (Å²) in [6.45, 7) is 3.24. The predicted molar refractivity (Wildman–Crippen MR) is 98.7 cm³/mol.